The topological polar surface area (TPSA) is 63.2 Å². The van der Waals surface area contributed by atoms with Crippen molar-refractivity contribution >= 4 is 15.7 Å². The second kappa shape index (κ2) is 7.61. The average molecular weight is 315 g/mol. The van der Waals surface area contributed by atoms with Gasteiger partial charge in [-0.25, -0.2) is 8.42 Å². The highest BCUT2D eigenvalue weighted by Crippen LogP contribution is 2.27. The monoisotopic (exact) mass is 315 g/mol. The van der Waals surface area contributed by atoms with E-state index in [0.29, 0.717) is 12.8 Å². The first-order valence-electron chi connectivity index (χ1n) is 8.43. The predicted octanol–water partition coefficient (Wildman–Crippen LogP) is 2.82. The van der Waals surface area contributed by atoms with Crippen LogP contribution in [-0.2, 0) is 14.6 Å². The van der Waals surface area contributed by atoms with Crippen molar-refractivity contribution in [1.29, 1.82) is 0 Å². The van der Waals surface area contributed by atoms with Crippen LogP contribution < -0.4 is 5.32 Å². The first-order chi connectivity index (χ1) is 9.95. The molecule has 0 aromatic rings. The Morgan fingerprint density at radius 2 is 1.76 bits per heavy atom. The molecule has 2 fully saturated rings. The van der Waals surface area contributed by atoms with Crippen LogP contribution in [0, 0.1) is 5.92 Å². The Bertz CT molecular complexity index is 440. The molecular formula is C16H29NO3S. The van der Waals surface area contributed by atoms with Crippen LogP contribution >= 0.6 is 0 Å². The van der Waals surface area contributed by atoms with E-state index in [1.807, 2.05) is 0 Å². The van der Waals surface area contributed by atoms with E-state index >= 15 is 0 Å². The summed E-state index contributed by atoms with van der Waals surface area (Å²) in [6, 6.07) is 0.0531. The Morgan fingerprint density at radius 1 is 1.05 bits per heavy atom. The summed E-state index contributed by atoms with van der Waals surface area (Å²) in [4.78, 5) is 12.0. The molecule has 2 aliphatic carbocycles. The van der Waals surface area contributed by atoms with Gasteiger partial charge in [0.05, 0.1) is 5.25 Å². The van der Waals surface area contributed by atoms with E-state index in [1.165, 1.54) is 38.4 Å². The Kier molecular flexibility index (Phi) is 6.08. The van der Waals surface area contributed by atoms with Crippen molar-refractivity contribution in [2.75, 3.05) is 6.26 Å². The second-order valence-corrected chi connectivity index (χ2v) is 9.25. The zero-order valence-corrected chi connectivity index (χ0v) is 14.0. The highest BCUT2D eigenvalue weighted by Gasteiger charge is 2.29. The molecule has 0 aromatic carbocycles. The zero-order valence-electron chi connectivity index (χ0n) is 13.1. The van der Waals surface area contributed by atoms with Crippen LogP contribution in [0.1, 0.15) is 70.6 Å². The van der Waals surface area contributed by atoms with Gasteiger partial charge in [-0.2, -0.15) is 0 Å². The van der Waals surface area contributed by atoms with Crippen LogP contribution in [0.4, 0.5) is 0 Å². The van der Waals surface area contributed by atoms with E-state index in [4.69, 9.17) is 0 Å². The molecule has 0 radical (unpaired) electrons. The maximum Gasteiger partial charge on any atom is 0.220 e. The summed E-state index contributed by atoms with van der Waals surface area (Å²) in [5, 5.41) is 2.79. The zero-order chi connectivity index (χ0) is 15.3. The van der Waals surface area contributed by atoms with Crippen LogP contribution in [0.3, 0.4) is 0 Å². The van der Waals surface area contributed by atoms with E-state index in [1.54, 1.807) is 0 Å². The third-order valence-corrected chi connectivity index (χ3v) is 6.74. The molecule has 2 rings (SSSR count). The van der Waals surface area contributed by atoms with Crippen LogP contribution in [0.2, 0.25) is 0 Å². The number of hydrogen-bond donors (Lipinski definition) is 1. The third-order valence-electron chi connectivity index (χ3n) is 5.10. The van der Waals surface area contributed by atoms with Crippen LogP contribution in [0.25, 0.3) is 0 Å². The van der Waals surface area contributed by atoms with Crippen molar-refractivity contribution in [3.05, 3.63) is 0 Å². The summed E-state index contributed by atoms with van der Waals surface area (Å²) in [6.07, 6.45) is 12.6. The van der Waals surface area contributed by atoms with Crippen molar-refractivity contribution in [2.45, 2.75) is 81.9 Å². The van der Waals surface area contributed by atoms with Crippen molar-refractivity contribution in [1.82, 2.24) is 5.32 Å². The Hall–Kier alpha value is -0.580. The van der Waals surface area contributed by atoms with Gasteiger partial charge in [0, 0.05) is 18.7 Å². The van der Waals surface area contributed by atoms with Gasteiger partial charge in [-0.1, -0.05) is 38.5 Å². The molecule has 2 unspecified atom stereocenters. The van der Waals surface area contributed by atoms with Crippen molar-refractivity contribution in [2.24, 2.45) is 5.92 Å². The number of hydrogen-bond acceptors (Lipinski definition) is 3. The number of rotatable bonds is 5. The third kappa shape index (κ3) is 5.61. The largest absolute Gasteiger partial charge is 0.353 e. The SMILES string of the molecule is CS(=O)(=O)C1CCCC(NC(=O)CCC2CCCCC2)C1. The van der Waals surface area contributed by atoms with Gasteiger partial charge in [0.2, 0.25) is 5.91 Å². The summed E-state index contributed by atoms with van der Waals surface area (Å²) < 4.78 is 23.3. The van der Waals surface area contributed by atoms with Crippen LogP contribution in [0.5, 0.6) is 0 Å². The fourth-order valence-corrected chi connectivity index (χ4v) is 4.95. The van der Waals surface area contributed by atoms with Gasteiger partial charge in [0.1, 0.15) is 9.84 Å². The molecule has 2 aliphatic rings. The normalized spacial score (nSPS) is 28.2. The molecular weight excluding hydrogens is 286 g/mol. The second-order valence-electron chi connectivity index (χ2n) is 6.93. The lowest BCUT2D eigenvalue weighted by atomic mass is 9.86. The maximum absolute atomic E-state index is 12.0. The van der Waals surface area contributed by atoms with Crippen LogP contribution in [-0.4, -0.2) is 31.9 Å². The van der Waals surface area contributed by atoms with Gasteiger partial charge < -0.3 is 5.32 Å². The summed E-state index contributed by atoms with van der Waals surface area (Å²) in [5.74, 6) is 0.833. The molecule has 2 saturated carbocycles. The summed E-state index contributed by atoms with van der Waals surface area (Å²) >= 11 is 0. The number of carbonyl (C=O) groups is 1. The van der Waals surface area contributed by atoms with E-state index in [0.717, 1.165) is 31.6 Å². The molecule has 0 spiro atoms. The smallest absolute Gasteiger partial charge is 0.220 e. The van der Waals surface area contributed by atoms with Gasteiger partial charge in [0.15, 0.2) is 0 Å². The molecule has 122 valence electrons. The maximum atomic E-state index is 12.0. The Labute approximate surface area is 129 Å². The minimum Gasteiger partial charge on any atom is -0.353 e. The molecule has 21 heavy (non-hydrogen) atoms. The number of carbonyl (C=O) groups excluding carboxylic acids is 1. The van der Waals surface area contributed by atoms with E-state index in [-0.39, 0.29) is 17.2 Å². The number of nitrogens with one attached hydrogen (secondary N) is 1. The van der Waals surface area contributed by atoms with Crippen molar-refractivity contribution in [3.63, 3.8) is 0 Å². The Morgan fingerprint density at radius 3 is 2.43 bits per heavy atom. The standard InChI is InChI=1S/C16H29NO3S/c1-21(19,20)15-9-5-8-14(12-15)17-16(18)11-10-13-6-3-2-4-7-13/h13-15H,2-12H2,1H3,(H,17,18). The van der Waals surface area contributed by atoms with Crippen LogP contribution in [0.15, 0.2) is 0 Å². The van der Waals surface area contributed by atoms with Gasteiger partial charge in [-0.3, -0.25) is 4.79 Å². The predicted molar refractivity (Wildman–Crippen MR) is 84.8 cm³/mol. The first-order valence-corrected chi connectivity index (χ1v) is 10.4. The van der Waals surface area contributed by atoms with Crippen molar-refractivity contribution in [3.8, 4) is 0 Å². The quantitative estimate of drug-likeness (QED) is 0.848. The first kappa shape index (κ1) is 16.8. The molecule has 1 N–H and O–H groups in total. The summed E-state index contributed by atoms with van der Waals surface area (Å²) in [7, 11) is -2.98. The molecule has 0 aromatic heterocycles. The molecule has 0 saturated heterocycles. The lowest BCUT2D eigenvalue weighted by Gasteiger charge is -2.29. The van der Waals surface area contributed by atoms with E-state index in [2.05, 4.69) is 5.32 Å². The number of amides is 1. The summed E-state index contributed by atoms with van der Waals surface area (Å²) in [6.45, 7) is 0. The molecule has 4 nitrogen and oxygen atoms in total. The molecule has 1 amide bonds. The minimum atomic E-state index is -2.98. The van der Waals surface area contributed by atoms with Gasteiger partial charge >= 0.3 is 0 Å². The highest BCUT2D eigenvalue weighted by atomic mass is 32.2. The fourth-order valence-electron chi connectivity index (χ4n) is 3.78. The molecule has 5 heteroatoms. The van der Waals surface area contributed by atoms with Gasteiger partial charge in [-0.15, -0.1) is 0 Å². The van der Waals surface area contributed by atoms with Gasteiger partial charge in [-0.05, 0) is 31.6 Å². The van der Waals surface area contributed by atoms with E-state index in [9.17, 15) is 13.2 Å². The van der Waals surface area contributed by atoms with Crippen molar-refractivity contribution < 1.29 is 13.2 Å². The Balaban J connectivity index is 1.71. The fraction of sp³-hybridized carbons (Fsp3) is 0.938. The molecule has 0 aliphatic heterocycles. The lowest BCUT2D eigenvalue weighted by Crippen LogP contribution is -2.41. The van der Waals surface area contributed by atoms with E-state index < -0.39 is 9.84 Å². The number of sulfone groups is 1. The minimum absolute atomic E-state index is 0.0531. The highest BCUT2D eigenvalue weighted by molar-refractivity contribution is 7.91. The molecule has 0 bridgehead atoms. The molecule has 2 atom stereocenters. The average Bonchev–Trinajstić information content (AvgIpc) is 2.46. The lowest BCUT2D eigenvalue weighted by molar-refractivity contribution is -0.122. The molecule has 0 heterocycles. The van der Waals surface area contributed by atoms with Gasteiger partial charge in [0.25, 0.3) is 0 Å². The summed E-state index contributed by atoms with van der Waals surface area (Å²) in [5.41, 5.74) is 0.